The van der Waals surface area contributed by atoms with Crippen LogP contribution in [0, 0.1) is 11.8 Å². The van der Waals surface area contributed by atoms with Gasteiger partial charge in [-0.25, -0.2) is 4.79 Å². The fourth-order valence-electron chi connectivity index (χ4n) is 3.29. The molecule has 31 heavy (non-hydrogen) atoms. The number of phenols is 1. The van der Waals surface area contributed by atoms with Gasteiger partial charge in [-0.3, -0.25) is 9.88 Å². The Kier molecular flexibility index (Phi) is 6.25. The largest absolute Gasteiger partial charge is 0.507 e. The first-order chi connectivity index (χ1) is 14.9. The second kappa shape index (κ2) is 9.04. The number of anilines is 1. The molecule has 0 bridgehead atoms. The van der Waals surface area contributed by atoms with Gasteiger partial charge in [-0.05, 0) is 41.8 Å². The lowest BCUT2D eigenvalue weighted by molar-refractivity contribution is 0.259. The highest BCUT2D eigenvalue weighted by molar-refractivity contribution is 5.87. The number of amides is 2. The van der Waals surface area contributed by atoms with E-state index in [9.17, 15) is 14.8 Å². The van der Waals surface area contributed by atoms with Crippen molar-refractivity contribution >= 4 is 23.7 Å². The van der Waals surface area contributed by atoms with Gasteiger partial charge in [0.25, 0.3) is 0 Å². The fraction of sp³-hybridized carbons (Fsp3) is 0.136. The van der Waals surface area contributed by atoms with Gasteiger partial charge in [-0.15, -0.1) is 15.1 Å². The van der Waals surface area contributed by atoms with E-state index in [0.29, 0.717) is 23.2 Å². The Morgan fingerprint density at radius 2 is 2.13 bits per heavy atom. The van der Waals surface area contributed by atoms with Crippen LogP contribution in [0.15, 0.2) is 54.2 Å². The number of aromatic nitrogens is 3. The number of benzene rings is 2. The quantitative estimate of drug-likeness (QED) is 0.381. The van der Waals surface area contributed by atoms with Gasteiger partial charge in [0.2, 0.25) is 5.95 Å². The first-order valence-electron chi connectivity index (χ1n) is 9.51. The minimum Gasteiger partial charge on any atom is -0.507 e. The number of carbonyl (C=O) groups excluding carboxylic acids is 1. The summed E-state index contributed by atoms with van der Waals surface area (Å²) < 4.78 is 1.59. The molecule has 0 aliphatic carbocycles. The van der Waals surface area contributed by atoms with Crippen molar-refractivity contribution in [2.75, 3.05) is 5.32 Å². The zero-order chi connectivity index (χ0) is 22.5. The maximum absolute atomic E-state index is 11.6. The van der Waals surface area contributed by atoms with Crippen molar-refractivity contribution in [2.24, 2.45) is 10.9 Å². The van der Waals surface area contributed by atoms with Crippen LogP contribution in [0.25, 0.3) is 23.2 Å². The van der Waals surface area contributed by atoms with Crippen molar-refractivity contribution < 1.29 is 9.90 Å². The Hall–Kier alpha value is -4.27. The highest BCUT2D eigenvalue weighted by atomic mass is 16.3. The van der Waals surface area contributed by atoms with Crippen LogP contribution in [0.3, 0.4) is 0 Å². The average Bonchev–Trinajstić information content (AvgIpc) is 3.14. The molecule has 1 aromatic heterocycles. The zero-order valence-electron chi connectivity index (χ0n) is 17.2. The van der Waals surface area contributed by atoms with E-state index in [1.165, 1.54) is 6.07 Å². The van der Waals surface area contributed by atoms with E-state index in [1.54, 1.807) is 22.8 Å². The van der Waals surface area contributed by atoms with Crippen molar-refractivity contribution in [2.45, 2.75) is 20.3 Å². The zero-order valence-corrected chi connectivity index (χ0v) is 17.2. The maximum atomic E-state index is 11.6. The number of nitrogens with zero attached hydrogens (tertiary/aromatic N) is 4. The highest BCUT2D eigenvalue weighted by Gasteiger charge is 2.22. The molecular formula is C22H22N6O3. The number of nitrogens with two attached hydrogens (primary N) is 1. The van der Waals surface area contributed by atoms with E-state index in [2.05, 4.69) is 27.3 Å². The molecule has 2 amide bonds. The highest BCUT2D eigenvalue weighted by Crippen LogP contribution is 2.37. The summed E-state index contributed by atoms with van der Waals surface area (Å²) in [6, 6.07) is 7.73. The third kappa shape index (κ3) is 4.20. The van der Waals surface area contributed by atoms with Crippen molar-refractivity contribution in [3.63, 3.8) is 0 Å². The predicted molar refractivity (Wildman–Crippen MR) is 120 cm³/mol. The molecule has 3 aromatic rings. The molecule has 0 radical (unpaired) electrons. The third-order valence-electron chi connectivity index (χ3n) is 4.76. The van der Waals surface area contributed by atoms with Crippen LogP contribution in [0.4, 0.5) is 16.4 Å². The molecule has 4 N–H and O–H groups in total. The lowest BCUT2D eigenvalue weighted by Gasteiger charge is -2.16. The molecule has 2 aromatic carbocycles. The Balaban J connectivity index is 2.35. The number of nitrogens with one attached hydrogen (secondary N) is 1. The number of aryl methyl sites for hydroxylation is 2. The van der Waals surface area contributed by atoms with E-state index in [-0.39, 0.29) is 23.2 Å². The molecule has 0 aliphatic heterocycles. The molecule has 3 rings (SSSR count). The summed E-state index contributed by atoms with van der Waals surface area (Å²) in [4.78, 5) is 22.7. The lowest BCUT2D eigenvalue weighted by Crippen LogP contribution is -2.22. The van der Waals surface area contributed by atoms with E-state index < -0.39 is 6.03 Å². The van der Waals surface area contributed by atoms with Crippen molar-refractivity contribution in [3.05, 3.63) is 70.7 Å². The summed E-state index contributed by atoms with van der Waals surface area (Å²) in [6.07, 6.45) is 5.82. The molecule has 1 heterocycles. The molecular weight excluding hydrogens is 396 g/mol. The Morgan fingerprint density at radius 1 is 1.35 bits per heavy atom. The molecule has 0 unspecified atom stereocenters. The molecule has 9 heteroatoms. The summed E-state index contributed by atoms with van der Waals surface area (Å²) in [5, 5.41) is 24.3. The van der Waals surface area contributed by atoms with Crippen molar-refractivity contribution in [3.8, 4) is 22.8 Å². The van der Waals surface area contributed by atoms with Gasteiger partial charge in [0.05, 0.1) is 11.3 Å². The van der Waals surface area contributed by atoms with Gasteiger partial charge in [0, 0.05) is 11.6 Å². The van der Waals surface area contributed by atoms with Crippen LogP contribution in [0.5, 0.6) is 5.75 Å². The van der Waals surface area contributed by atoms with Crippen LogP contribution < -0.4 is 11.1 Å². The van der Waals surface area contributed by atoms with Crippen LogP contribution in [-0.4, -0.2) is 25.9 Å². The van der Waals surface area contributed by atoms with Gasteiger partial charge in [0.1, 0.15) is 11.4 Å². The molecule has 0 spiro atoms. The minimum absolute atomic E-state index is 0.0800. The molecule has 158 valence electrons. The maximum Gasteiger partial charge on any atom is 0.319 e. The molecule has 0 fully saturated rings. The third-order valence-corrected chi connectivity index (χ3v) is 4.76. The second-order valence-corrected chi connectivity index (χ2v) is 6.72. The lowest BCUT2D eigenvalue weighted by atomic mass is 10.0. The number of hydrogen-bond donors (Lipinski definition) is 3. The Labute approximate surface area is 178 Å². The van der Waals surface area contributed by atoms with Gasteiger partial charge >= 0.3 is 6.03 Å². The molecule has 9 nitrogen and oxygen atoms in total. The molecule has 0 atom stereocenters. The predicted octanol–water partition coefficient (Wildman–Crippen LogP) is 4.60. The number of carbonyl (C=O) groups is 1. The van der Waals surface area contributed by atoms with Crippen LogP contribution in [0.1, 0.15) is 23.6 Å². The summed E-state index contributed by atoms with van der Waals surface area (Å²) >= 11 is 0. The number of hydrogen-bond acceptors (Lipinski definition) is 6. The number of allylic oxidation sites excluding steroid dienone is 2. The van der Waals surface area contributed by atoms with Gasteiger partial charge in [-0.2, -0.15) is 0 Å². The second-order valence-electron chi connectivity index (χ2n) is 6.72. The SMILES string of the molecule is C=C/C=C\c1c(C)cccc1-n1c(NC(N)=O)nnc1-c1cc(CC)c(N=O)cc1O. The van der Waals surface area contributed by atoms with E-state index in [4.69, 9.17) is 5.73 Å². The Bertz CT molecular complexity index is 1200. The first kappa shape index (κ1) is 21.4. The fourth-order valence-corrected chi connectivity index (χ4v) is 3.29. The van der Waals surface area contributed by atoms with Crippen LogP contribution in [-0.2, 0) is 6.42 Å². The van der Waals surface area contributed by atoms with Gasteiger partial charge < -0.3 is 10.8 Å². The number of phenolic OH excluding ortho intramolecular Hbond substituents is 1. The normalized spacial score (nSPS) is 10.9. The molecule has 0 aliphatic rings. The average molecular weight is 418 g/mol. The van der Waals surface area contributed by atoms with Gasteiger partial charge in [0.15, 0.2) is 5.82 Å². The number of rotatable bonds is 7. The summed E-state index contributed by atoms with van der Waals surface area (Å²) in [5.74, 6) is 0.144. The Morgan fingerprint density at radius 3 is 2.77 bits per heavy atom. The summed E-state index contributed by atoms with van der Waals surface area (Å²) in [6.45, 7) is 7.52. The van der Waals surface area contributed by atoms with E-state index in [1.807, 2.05) is 38.1 Å². The van der Waals surface area contributed by atoms with Crippen molar-refractivity contribution in [1.82, 2.24) is 14.8 Å². The minimum atomic E-state index is -0.810. The van der Waals surface area contributed by atoms with Crippen molar-refractivity contribution in [1.29, 1.82) is 0 Å². The number of primary amides is 1. The standard InChI is InChI=1S/C22H22N6O3/c1-4-6-9-15-13(3)8-7-10-18(15)28-20(25-26-22(28)24-21(23)30)16-11-14(5-2)17(27-31)12-19(16)29/h4,6-12,29H,1,5H2,2-3H3,(H3,23,24,26,30)/b9-6-. The summed E-state index contributed by atoms with van der Waals surface area (Å²) in [7, 11) is 0. The molecule has 0 saturated carbocycles. The van der Waals surface area contributed by atoms with E-state index >= 15 is 0 Å². The van der Waals surface area contributed by atoms with Crippen LogP contribution >= 0.6 is 0 Å². The van der Waals surface area contributed by atoms with Crippen LogP contribution in [0.2, 0.25) is 0 Å². The number of urea groups is 1. The number of nitroso groups, excluding NO2 is 1. The number of aromatic hydroxyl groups is 1. The summed E-state index contributed by atoms with van der Waals surface area (Å²) in [5.41, 5.74) is 8.88. The molecule has 0 saturated heterocycles. The topological polar surface area (TPSA) is 135 Å². The van der Waals surface area contributed by atoms with E-state index in [0.717, 1.165) is 11.1 Å². The monoisotopic (exact) mass is 418 g/mol. The van der Waals surface area contributed by atoms with Gasteiger partial charge in [-0.1, -0.05) is 43.9 Å². The first-order valence-corrected chi connectivity index (χ1v) is 9.51. The smallest absolute Gasteiger partial charge is 0.319 e.